The molecule has 0 aromatic heterocycles. The van der Waals surface area contributed by atoms with Crippen molar-refractivity contribution in [3.05, 3.63) is 123 Å². The largest absolute Gasteiger partial charge is 3.00 e. The maximum Gasteiger partial charge on any atom is 3.00 e. The summed E-state index contributed by atoms with van der Waals surface area (Å²) in [4.78, 5) is 0. The number of halogens is 3. The Hall–Kier alpha value is -1.41. The van der Waals surface area contributed by atoms with Crippen LogP contribution in [0, 0.1) is 6.07 Å². The molecule has 4 aromatic rings. The van der Waals surface area contributed by atoms with Gasteiger partial charge < -0.3 is 24.8 Å². The first-order valence-electron chi connectivity index (χ1n) is 12.0. The minimum Gasteiger partial charge on any atom is -1.00 e. The van der Waals surface area contributed by atoms with E-state index in [-0.39, 0.29) is 56.9 Å². The fourth-order valence-corrected chi connectivity index (χ4v) is 5.64. The molecular weight excluding hydrogens is 610 g/mol. The Labute approximate surface area is 260 Å². The van der Waals surface area contributed by atoms with Crippen LogP contribution in [0.5, 0.6) is 0 Å². The summed E-state index contributed by atoms with van der Waals surface area (Å²) in [5.41, 5.74) is 13.4. The summed E-state index contributed by atoms with van der Waals surface area (Å²) in [5, 5.41) is 0.799. The van der Waals surface area contributed by atoms with Gasteiger partial charge in [-0.15, -0.1) is 16.7 Å². The first kappa shape index (κ1) is 31.8. The summed E-state index contributed by atoms with van der Waals surface area (Å²) in [5.74, 6) is 0.256. The van der Waals surface area contributed by atoms with Gasteiger partial charge in [-0.2, -0.15) is 18.2 Å². The first-order chi connectivity index (χ1) is 16.7. The second kappa shape index (κ2) is 14.1. The van der Waals surface area contributed by atoms with E-state index >= 15 is 0 Å². The molecule has 1 unspecified atom stereocenters. The summed E-state index contributed by atoms with van der Waals surface area (Å²) >= 11 is 6.59. The quantitative estimate of drug-likeness (QED) is 0.211. The van der Waals surface area contributed by atoms with E-state index in [1.807, 2.05) is 12.1 Å². The topological polar surface area (TPSA) is 0 Å². The van der Waals surface area contributed by atoms with Crippen molar-refractivity contribution in [3.8, 4) is 22.3 Å². The summed E-state index contributed by atoms with van der Waals surface area (Å²) in [6.45, 7) is 6.57. The third-order valence-electron chi connectivity index (χ3n) is 6.83. The van der Waals surface area contributed by atoms with E-state index in [4.69, 9.17) is 11.6 Å². The van der Waals surface area contributed by atoms with Crippen molar-refractivity contribution in [1.29, 1.82) is 0 Å². The summed E-state index contributed by atoms with van der Waals surface area (Å²) in [7, 11) is 1.08. The van der Waals surface area contributed by atoms with Crippen LogP contribution in [-0.2, 0) is 32.6 Å². The smallest absolute Gasteiger partial charge is 1.00 e. The Bertz CT molecular complexity index is 1400. The maximum absolute atomic E-state index is 6.59. The number of allylic oxidation sites excluding steroid dienone is 1. The average molecular weight is 638 g/mol. The van der Waals surface area contributed by atoms with Crippen molar-refractivity contribution in [2.75, 3.05) is 0 Å². The molecule has 5 heteroatoms. The Morgan fingerprint density at radius 2 is 1.49 bits per heavy atom. The van der Waals surface area contributed by atoms with Gasteiger partial charge in [0.05, 0.1) is 0 Å². The Balaban J connectivity index is 0.000000767. The van der Waals surface area contributed by atoms with Gasteiger partial charge in [-0.1, -0.05) is 104 Å². The normalized spacial score (nSPS) is 13.8. The van der Waals surface area contributed by atoms with Gasteiger partial charge in [0.15, 0.2) is 0 Å². The van der Waals surface area contributed by atoms with Crippen molar-refractivity contribution in [2.45, 2.75) is 38.8 Å². The Kier molecular flexibility index (Phi) is 12.1. The van der Waals surface area contributed by atoms with Crippen LogP contribution in [0.3, 0.4) is 0 Å². The van der Waals surface area contributed by atoms with E-state index in [9.17, 15) is 0 Å². The molecule has 0 amide bonds. The van der Waals surface area contributed by atoms with Gasteiger partial charge >= 0.3 is 26.2 Å². The predicted molar refractivity (Wildman–Crippen MR) is 148 cm³/mol. The molecule has 37 heavy (non-hydrogen) atoms. The van der Waals surface area contributed by atoms with Gasteiger partial charge in [0.2, 0.25) is 0 Å². The SMILES string of the molecule is CCC1=Cc2c(-c3ccccc3Cl)cccc2C1c1[c-]ccc2c1Cc1ccccc1-2.C[Si]C.[Cl-].[Cl-].[Zr+3]. The summed E-state index contributed by atoms with van der Waals surface area (Å²) in [6, 6.07) is 31.6. The molecule has 0 spiro atoms. The summed E-state index contributed by atoms with van der Waals surface area (Å²) in [6.07, 6.45) is 4.41. The molecule has 185 valence electrons. The van der Waals surface area contributed by atoms with Crippen LogP contribution in [-0.4, -0.2) is 9.52 Å². The van der Waals surface area contributed by atoms with Gasteiger partial charge in [-0.05, 0) is 46.7 Å². The molecule has 0 fully saturated rings. The van der Waals surface area contributed by atoms with Crippen molar-refractivity contribution >= 4 is 27.2 Å². The molecule has 4 aromatic carbocycles. The number of fused-ring (bicyclic) bond motifs is 4. The van der Waals surface area contributed by atoms with Crippen LogP contribution < -0.4 is 24.8 Å². The fourth-order valence-electron chi connectivity index (χ4n) is 5.40. The van der Waals surface area contributed by atoms with Crippen LogP contribution in [0.2, 0.25) is 18.1 Å². The number of hydrogen-bond donors (Lipinski definition) is 0. The van der Waals surface area contributed by atoms with Crippen molar-refractivity contribution in [2.24, 2.45) is 0 Å². The number of hydrogen-bond acceptors (Lipinski definition) is 0. The molecule has 0 saturated carbocycles. The first-order valence-corrected chi connectivity index (χ1v) is 14.3. The molecule has 0 aliphatic heterocycles. The molecule has 1 atom stereocenters. The van der Waals surface area contributed by atoms with Gasteiger partial charge in [-0.25, -0.2) is 0 Å². The standard InChI is InChI=1S/C30H22Cl.C2H6Si.2ClH.Zr/c1-2-19-17-27-23(24-11-5-6-16-29(24)31)13-8-15-25(27)30(19)26-14-7-12-22-21-10-4-3-9-20(21)18-28(22)26;1-3-2;;;/h3-13,15-17,30H,2,18H2,1H3;1-2H3;2*1H;/q-1;;;;+3/p-2. The number of benzene rings is 4. The Morgan fingerprint density at radius 3 is 2.19 bits per heavy atom. The minimum absolute atomic E-state index is 0. The van der Waals surface area contributed by atoms with E-state index < -0.39 is 0 Å². The zero-order valence-corrected chi connectivity index (χ0v) is 26.9. The van der Waals surface area contributed by atoms with Crippen molar-refractivity contribution in [3.63, 3.8) is 0 Å². The Morgan fingerprint density at radius 1 is 0.838 bits per heavy atom. The van der Waals surface area contributed by atoms with Crippen LogP contribution in [0.4, 0.5) is 0 Å². The zero-order valence-electron chi connectivity index (χ0n) is 21.2. The monoisotopic (exact) mass is 635 g/mol. The molecule has 0 heterocycles. The maximum atomic E-state index is 6.59. The van der Waals surface area contributed by atoms with Crippen LogP contribution in [0.15, 0.2) is 84.4 Å². The second-order valence-electron chi connectivity index (χ2n) is 8.91. The predicted octanol–water partition coefficient (Wildman–Crippen LogP) is 3.11. The van der Waals surface area contributed by atoms with E-state index in [1.165, 1.54) is 50.1 Å². The average Bonchev–Trinajstić information content (AvgIpc) is 3.43. The molecule has 0 nitrogen and oxygen atoms in total. The van der Waals surface area contributed by atoms with Gasteiger partial charge in [0.1, 0.15) is 0 Å². The molecule has 0 bridgehead atoms. The van der Waals surface area contributed by atoms with E-state index in [0.29, 0.717) is 0 Å². The van der Waals surface area contributed by atoms with Crippen molar-refractivity contribution < 1.29 is 51.0 Å². The number of rotatable bonds is 3. The summed E-state index contributed by atoms with van der Waals surface area (Å²) < 4.78 is 0. The van der Waals surface area contributed by atoms with Crippen LogP contribution >= 0.6 is 11.6 Å². The van der Waals surface area contributed by atoms with Crippen LogP contribution in [0.25, 0.3) is 28.3 Å². The van der Waals surface area contributed by atoms with E-state index in [0.717, 1.165) is 32.9 Å². The zero-order chi connectivity index (χ0) is 23.7. The third kappa shape index (κ3) is 5.95. The van der Waals surface area contributed by atoms with Crippen molar-refractivity contribution in [1.82, 2.24) is 0 Å². The minimum atomic E-state index is 0. The van der Waals surface area contributed by atoms with Gasteiger partial charge in [0.25, 0.3) is 0 Å². The van der Waals surface area contributed by atoms with Crippen LogP contribution in [0.1, 0.15) is 47.1 Å². The second-order valence-corrected chi connectivity index (χ2v) is 10.3. The fraction of sp³-hybridized carbons (Fsp3) is 0.188. The molecule has 6 rings (SSSR count). The molecule has 2 aliphatic carbocycles. The molecule has 2 aliphatic rings. The van der Waals surface area contributed by atoms with E-state index in [1.54, 1.807) is 0 Å². The van der Waals surface area contributed by atoms with Gasteiger partial charge in [-0.3, -0.25) is 0 Å². The molecule has 0 N–H and O–H groups in total. The third-order valence-corrected chi connectivity index (χ3v) is 7.16. The molecule has 3 radical (unpaired) electrons. The van der Waals surface area contributed by atoms with Gasteiger partial charge in [0, 0.05) is 26.0 Å². The van der Waals surface area contributed by atoms with E-state index in [2.05, 4.69) is 98.9 Å². The molecular formula is C32H28Cl3SiZr. The molecule has 0 saturated heterocycles.